The van der Waals surface area contributed by atoms with Crippen molar-refractivity contribution in [3.8, 4) is 0 Å². The third-order valence-corrected chi connectivity index (χ3v) is 7.37. The molecule has 0 fully saturated rings. The van der Waals surface area contributed by atoms with Crippen LogP contribution in [0.2, 0.25) is 0 Å². The lowest BCUT2D eigenvalue weighted by Crippen LogP contribution is -2.28. The van der Waals surface area contributed by atoms with Crippen LogP contribution in [0.1, 0.15) is 11.1 Å². The van der Waals surface area contributed by atoms with Crippen LogP contribution in [-0.2, 0) is 14.8 Å². The third kappa shape index (κ3) is 3.97. The fourth-order valence-corrected chi connectivity index (χ4v) is 5.38. The number of pyridine rings is 1. The van der Waals surface area contributed by atoms with Gasteiger partial charge in [0.05, 0.1) is 9.30 Å². The molecule has 0 saturated carbocycles. The molecule has 0 saturated heterocycles. The fourth-order valence-electron chi connectivity index (χ4n) is 2.21. The molecule has 0 spiro atoms. The van der Waals surface area contributed by atoms with E-state index in [1.807, 2.05) is 35.1 Å². The smallest absolute Gasteiger partial charge is 0.269 e. The highest BCUT2D eigenvalue weighted by molar-refractivity contribution is 9.11. The Labute approximate surface area is 157 Å². The number of fused-ring (bicyclic) bond motifs is 1. The number of aryl methyl sites for hydroxylation is 1. The minimum Gasteiger partial charge on any atom is -0.269 e. The first-order chi connectivity index (χ1) is 11.9. The summed E-state index contributed by atoms with van der Waals surface area (Å²) in [7, 11) is -3.89. The van der Waals surface area contributed by atoms with Gasteiger partial charge >= 0.3 is 0 Å². The van der Waals surface area contributed by atoms with Crippen molar-refractivity contribution in [3.05, 3.63) is 63.6 Å². The number of carbonyl (C=O) groups excluding carboxylic acids is 1. The van der Waals surface area contributed by atoms with Crippen molar-refractivity contribution in [2.75, 3.05) is 0 Å². The molecule has 1 amide bonds. The minimum absolute atomic E-state index is 0.0884. The zero-order valence-electron chi connectivity index (χ0n) is 13.1. The number of nitrogens with zero attached hydrogens (tertiary/aromatic N) is 1. The normalized spacial score (nSPS) is 11.9. The molecule has 0 atom stereocenters. The van der Waals surface area contributed by atoms with Crippen molar-refractivity contribution in [2.45, 2.75) is 11.1 Å². The monoisotopic (exact) mass is 436 g/mol. The van der Waals surface area contributed by atoms with Gasteiger partial charge in [0.25, 0.3) is 15.9 Å². The van der Waals surface area contributed by atoms with Crippen LogP contribution in [0.3, 0.4) is 0 Å². The molecular weight excluding hydrogens is 424 g/mol. The molecule has 25 heavy (non-hydrogen) atoms. The predicted octanol–water partition coefficient (Wildman–Crippen LogP) is 3.89. The Bertz CT molecular complexity index is 1060. The summed E-state index contributed by atoms with van der Waals surface area (Å²) >= 11 is 4.34. The van der Waals surface area contributed by atoms with Gasteiger partial charge < -0.3 is 0 Å². The molecule has 128 valence electrons. The van der Waals surface area contributed by atoms with Crippen LogP contribution in [0.4, 0.5) is 0 Å². The highest BCUT2D eigenvalue weighted by Gasteiger charge is 2.20. The lowest BCUT2D eigenvalue weighted by Gasteiger charge is -2.02. The van der Waals surface area contributed by atoms with Gasteiger partial charge in [0, 0.05) is 23.2 Å². The lowest BCUT2D eigenvalue weighted by molar-refractivity contribution is -0.114. The molecule has 8 heteroatoms. The van der Waals surface area contributed by atoms with Crippen molar-refractivity contribution in [1.82, 2.24) is 9.71 Å². The number of aromatic nitrogens is 1. The average Bonchev–Trinajstić information content (AvgIpc) is 2.92. The second-order valence-electron chi connectivity index (χ2n) is 5.25. The molecule has 5 nitrogen and oxygen atoms in total. The molecular formula is C17H13BrN2O3S2. The van der Waals surface area contributed by atoms with E-state index in [1.54, 1.807) is 19.2 Å². The maximum atomic E-state index is 12.2. The van der Waals surface area contributed by atoms with Crippen LogP contribution in [0.5, 0.6) is 0 Å². The maximum absolute atomic E-state index is 12.2. The van der Waals surface area contributed by atoms with Crippen LogP contribution in [0, 0.1) is 6.92 Å². The number of para-hydroxylation sites is 1. The van der Waals surface area contributed by atoms with E-state index in [4.69, 9.17) is 0 Å². The van der Waals surface area contributed by atoms with Crippen molar-refractivity contribution >= 4 is 60.2 Å². The molecule has 0 aliphatic carbocycles. The SMILES string of the molecule is Cc1cc(S(=O)(=O)NC(=O)/C=C/c2cccc3cccnc23)sc1Br. The number of hydrogen-bond acceptors (Lipinski definition) is 5. The standard InChI is InChI=1S/C17H13BrN2O3S2/c1-11-10-15(24-17(11)18)25(22,23)20-14(21)8-7-13-5-2-4-12-6-3-9-19-16(12)13/h2-10H,1H3,(H,20,21)/b8-7+. The van der Waals surface area contributed by atoms with Gasteiger partial charge in [0.1, 0.15) is 4.21 Å². The molecule has 2 heterocycles. The van der Waals surface area contributed by atoms with E-state index >= 15 is 0 Å². The van der Waals surface area contributed by atoms with E-state index in [0.29, 0.717) is 0 Å². The van der Waals surface area contributed by atoms with Gasteiger partial charge in [0.2, 0.25) is 0 Å². The highest BCUT2D eigenvalue weighted by atomic mass is 79.9. The predicted molar refractivity (Wildman–Crippen MR) is 103 cm³/mol. The number of thiophene rings is 1. The molecule has 0 aliphatic rings. The summed E-state index contributed by atoms with van der Waals surface area (Å²) in [6.45, 7) is 1.79. The van der Waals surface area contributed by atoms with Crippen LogP contribution in [0.25, 0.3) is 17.0 Å². The van der Waals surface area contributed by atoms with E-state index in [9.17, 15) is 13.2 Å². The van der Waals surface area contributed by atoms with Crippen LogP contribution in [-0.4, -0.2) is 19.3 Å². The van der Waals surface area contributed by atoms with Crippen molar-refractivity contribution in [2.24, 2.45) is 0 Å². The van der Waals surface area contributed by atoms with E-state index in [2.05, 4.69) is 20.9 Å². The molecule has 0 unspecified atom stereocenters. The van der Waals surface area contributed by atoms with Gasteiger partial charge in [-0.15, -0.1) is 11.3 Å². The summed E-state index contributed by atoms with van der Waals surface area (Å²) in [5.74, 6) is -0.713. The zero-order chi connectivity index (χ0) is 18.0. The van der Waals surface area contributed by atoms with E-state index in [0.717, 1.165) is 37.2 Å². The van der Waals surface area contributed by atoms with Crippen molar-refractivity contribution in [1.29, 1.82) is 0 Å². The first-order valence-electron chi connectivity index (χ1n) is 7.21. The number of nitrogens with one attached hydrogen (secondary N) is 1. The van der Waals surface area contributed by atoms with Gasteiger partial charge in [-0.2, -0.15) is 0 Å². The Hall–Kier alpha value is -2.03. The Kier molecular flexibility index (Phi) is 5.03. The number of hydrogen-bond donors (Lipinski definition) is 1. The second kappa shape index (κ2) is 7.07. The number of carbonyl (C=O) groups is 1. The summed E-state index contributed by atoms with van der Waals surface area (Å²) < 4.78 is 27.3. The first-order valence-corrected chi connectivity index (χ1v) is 10.3. The summed E-state index contributed by atoms with van der Waals surface area (Å²) in [6.07, 6.45) is 4.41. The number of halogens is 1. The zero-order valence-corrected chi connectivity index (χ0v) is 16.3. The third-order valence-electron chi connectivity index (χ3n) is 3.41. The summed E-state index contributed by atoms with van der Waals surface area (Å²) in [4.78, 5) is 16.3. The Morgan fingerprint density at radius 1 is 1.28 bits per heavy atom. The second-order valence-corrected chi connectivity index (χ2v) is 9.53. The average molecular weight is 437 g/mol. The van der Waals surface area contributed by atoms with Crippen molar-refractivity contribution in [3.63, 3.8) is 0 Å². The quantitative estimate of drug-likeness (QED) is 0.629. The van der Waals surface area contributed by atoms with Gasteiger partial charge in [-0.3, -0.25) is 9.78 Å². The molecule has 0 bridgehead atoms. The number of sulfonamides is 1. The van der Waals surface area contributed by atoms with Gasteiger partial charge in [-0.25, -0.2) is 13.1 Å². The van der Waals surface area contributed by atoms with Gasteiger partial charge in [-0.1, -0.05) is 24.3 Å². The Morgan fingerprint density at radius 2 is 2.04 bits per heavy atom. The minimum atomic E-state index is -3.89. The number of amides is 1. The molecule has 3 rings (SSSR count). The summed E-state index contributed by atoms with van der Waals surface area (Å²) in [5, 5.41) is 0.941. The van der Waals surface area contributed by atoms with E-state index in [1.165, 1.54) is 12.1 Å². The molecule has 3 aromatic rings. The highest BCUT2D eigenvalue weighted by Crippen LogP contribution is 2.30. The molecule has 2 aromatic heterocycles. The number of benzene rings is 1. The molecule has 1 N–H and O–H groups in total. The van der Waals surface area contributed by atoms with Crippen molar-refractivity contribution < 1.29 is 13.2 Å². The molecule has 1 aromatic carbocycles. The largest absolute Gasteiger partial charge is 0.273 e. The van der Waals surface area contributed by atoms with Crippen LogP contribution >= 0.6 is 27.3 Å². The van der Waals surface area contributed by atoms with E-state index < -0.39 is 15.9 Å². The maximum Gasteiger partial charge on any atom is 0.273 e. The van der Waals surface area contributed by atoms with Crippen LogP contribution < -0.4 is 4.72 Å². The van der Waals surface area contributed by atoms with Crippen LogP contribution in [0.15, 0.2) is 56.7 Å². The van der Waals surface area contributed by atoms with Gasteiger partial charge in [0.15, 0.2) is 0 Å². The lowest BCUT2D eigenvalue weighted by atomic mass is 10.1. The Balaban J connectivity index is 1.81. The van der Waals surface area contributed by atoms with E-state index in [-0.39, 0.29) is 4.21 Å². The van der Waals surface area contributed by atoms with Gasteiger partial charge in [-0.05, 0) is 46.6 Å². The molecule has 0 radical (unpaired) electrons. The Morgan fingerprint density at radius 3 is 2.76 bits per heavy atom. The summed E-state index contributed by atoms with van der Waals surface area (Å²) in [6, 6.07) is 10.8. The number of rotatable bonds is 4. The molecule has 0 aliphatic heterocycles. The first kappa shape index (κ1) is 17.8. The summed E-state index contributed by atoms with van der Waals surface area (Å²) in [5.41, 5.74) is 2.28. The fraction of sp³-hybridized carbons (Fsp3) is 0.0588. The topological polar surface area (TPSA) is 76.1 Å².